The molecule has 0 aliphatic rings. The molecular formula is C23H30O2. The minimum absolute atomic E-state index is 0.702. The van der Waals surface area contributed by atoms with Gasteiger partial charge in [0.2, 0.25) is 0 Å². The van der Waals surface area contributed by atoms with E-state index in [-0.39, 0.29) is 0 Å². The van der Waals surface area contributed by atoms with E-state index in [4.69, 9.17) is 9.47 Å². The maximum Gasteiger partial charge on any atom is 0.119 e. The molecule has 0 radical (unpaired) electrons. The second kappa shape index (κ2) is 9.93. The summed E-state index contributed by atoms with van der Waals surface area (Å²) in [5, 5.41) is 0. The van der Waals surface area contributed by atoms with Crippen LogP contribution in [0.25, 0.3) is 5.57 Å². The van der Waals surface area contributed by atoms with Crippen LogP contribution < -0.4 is 9.47 Å². The molecule has 0 fully saturated rings. The summed E-state index contributed by atoms with van der Waals surface area (Å²) < 4.78 is 11.1. The predicted molar refractivity (Wildman–Crippen MR) is 106 cm³/mol. The molecule has 2 aromatic carbocycles. The molecule has 0 N–H and O–H groups in total. The van der Waals surface area contributed by atoms with Crippen molar-refractivity contribution in [2.24, 2.45) is 0 Å². The van der Waals surface area contributed by atoms with Crippen LogP contribution in [-0.4, -0.2) is 13.2 Å². The molecule has 2 rings (SSSR count). The van der Waals surface area contributed by atoms with Crippen molar-refractivity contribution in [1.82, 2.24) is 0 Å². The number of allylic oxidation sites excluding steroid dienone is 2. The molecule has 0 aliphatic heterocycles. The minimum Gasteiger partial charge on any atom is -0.494 e. The van der Waals surface area contributed by atoms with Crippen molar-refractivity contribution in [2.45, 2.75) is 47.0 Å². The van der Waals surface area contributed by atoms with E-state index in [1.54, 1.807) is 0 Å². The standard InChI is InChI=1S/C23H30O2/c1-5-19(17-18-9-13-21(14-10-18)24-7-3)23(6-2)20-11-15-22(16-12-20)25-8-4/h9-16H,5-8,17H2,1-4H3/b23-19+. The summed E-state index contributed by atoms with van der Waals surface area (Å²) in [6.45, 7) is 9.91. The zero-order valence-corrected chi connectivity index (χ0v) is 16.0. The van der Waals surface area contributed by atoms with E-state index in [1.165, 1.54) is 22.3 Å². The van der Waals surface area contributed by atoms with Gasteiger partial charge in [-0.15, -0.1) is 0 Å². The average Bonchev–Trinajstić information content (AvgIpc) is 2.64. The molecular weight excluding hydrogens is 308 g/mol. The van der Waals surface area contributed by atoms with E-state index < -0.39 is 0 Å². The van der Waals surface area contributed by atoms with Crippen LogP contribution >= 0.6 is 0 Å². The van der Waals surface area contributed by atoms with Gasteiger partial charge in [0.1, 0.15) is 11.5 Å². The lowest BCUT2D eigenvalue weighted by molar-refractivity contribution is 0.340. The summed E-state index contributed by atoms with van der Waals surface area (Å²) >= 11 is 0. The quantitative estimate of drug-likeness (QED) is 0.534. The van der Waals surface area contributed by atoms with Crippen LogP contribution in [0.4, 0.5) is 0 Å². The van der Waals surface area contributed by atoms with Crippen LogP contribution in [0.3, 0.4) is 0 Å². The summed E-state index contributed by atoms with van der Waals surface area (Å²) in [5.74, 6) is 1.88. The first kappa shape index (κ1) is 19.1. The lowest BCUT2D eigenvalue weighted by atomic mass is 9.92. The lowest BCUT2D eigenvalue weighted by Gasteiger charge is -2.15. The molecule has 0 unspecified atom stereocenters. The van der Waals surface area contributed by atoms with Gasteiger partial charge in [0.05, 0.1) is 13.2 Å². The number of benzene rings is 2. The van der Waals surface area contributed by atoms with E-state index in [2.05, 4.69) is 62.4 Å². The molecule has 134 valence electrons. The largest absolute Gasteiger partial charge is 0.494 e. The van der Waals surface area contributed by atoms with Crippen LogP contribution in [0.5, 0.6) is 11.5 Å². The van der Waals surface area contributed by atoms with Gasteiger partial charge in [0, 0.05) is 0 Å². The molecule has 2 aromatic rings. The lowest BCUT2D eigenvalue weighted by Crippen LogP contribution is -1.97. The molecule has 25 heavy (non-hydrogen) atoms. The summed E-state index contributed by atoms with van der Waals surface area (Å²) in [7, 11) is 0. The van der Waals surface area contributed by atoms with E-state index >= 15 is 0 Å². The van der Waals surface area contributed by atoms with Crippen LogP contribution in [0.2, 0.25) is 0 Å². The third-order valence-electron chi connectivity index (χ3n) is 4.37. The SMILES string of the molecule is CCOc1ccc(C/C(CC)=C(\CC)c2ccc(OCC)cc2)cc1. The van der Waals surface area contributed by atoms with Gasteiger partial charge in [-0.05, 0) is 74.1 Å². The Bertz CT molecular complexity index is 666. The monoisotopic (exact) mass is 338 g/mol. The molecule has 0 spiro atoms. The molecule has 0 aromatic heterocycles. The molecule has 0 heterocycles. The highest BCUT2D eigenvalue weighted by Gasteiger charge is 2.08. The maximum atomic E-state index is 5.56. The summed E-state index contributed by atoms with van der Waals surface area (Å²) in [6.07, 6.45) is 3.08. The Morgan fingerprint density at radius 2 is 1.20 bits per heavy atom. The van der Waals surface area contributed by atoms with E-state index in [0.717, 1.165) is 30.8 Å². The highest BCUT2D eigenvalue weighted by Crippen LogP contribution is 2.28. The topological polar surface area (TPSA) is 18.5 Å². The number of hydrogen-bond donors (Lipinski definition) is 0. The molecule has 2 heteroatoms. The zero-order valence-electron chi connectivity index (χ0n) is 16.0. The Morgan fingerprint density at radius 1 is 0.680 bits per heavy atom. The Kier molecular flexibility index (Phi) is 7.59. The third-order valence-corrected chi connectivity index (χ3v) is 4.37. The fourth-order valence-electron chi connectivity index (χ4n) is 3.14. The van der Waals surface area contributed by atoms with Crippen LogP contribution in [0, 0.1) is 0 Å². The molecule has 0 atom stereocenters. The first-order chi connectivity index (χ1) is 12.2. The highest BCUT2D eigenvalue weighted by molar-refractivity contribution is 5.69. The fourth-order valence-corrected chi connectivity index (χ4v) is 3.14. The molecule has 0 aliphatic carbocycles. The summed E-state index contributed by atoms with van der Waals surface area (Å²) in [5.41, 5.74) is 5.57. The third kappa shape index (κ3) is 5.38. The summed E-state index contributed by atoms with van der Waals surface area (Å²) in [6, 6.07) is 17.0. The first-order valence-electron chi connectivity index (χ1n) is 9.37. The van der Waals surface area contributed by atoms with E-state index in [0.29, 0.717) is 13.2 Å². The normalized spacial score (nSPS) is 11.8. The Balaban J connectivity index is 2.23. The van der Waals surface area contributed by atoms with Gasteiger partial charge < -0.3 is 9.47 Å². The second-order valence-electron chi connectivity index (χ2n) is 6.00. The molecule has 2 nitrogen and oxygen atoms in total. The Morgan fingerprint density at radius 3 is 1.64 bits per heavy atom. The summed E-state index contributed by atoms with van der Waals surface area (Å²) in [4.78, 5) is 0. The van der Waals surface area contributed by atoms with Crippen molar-refractivity contribution < 1.29 is 9.47 Å². The van der Waals surface area contributed by atoms with Gasteiger partial charge in [-0.2, -0.15) is 0 Å². The number of rotatable bonds is 9. The first-order valence-corrected chi connectivity index (χ1v) is 9.37. The molecule has 0 saturated carbocycles. The Hall–Kier alpha value is -2.22. The predicted octanol–water partition coefficient (Wildman–Crippen LogP) is 6.30. The van der Waals surface area contributed by atoms with Gasteiger partial charge in [-0.1, -0.05) is 43.7 Å². The van der Waals surface area contributed by atoms with Crippen molar-refractivity contribution >= 4 is 5.57 Å². The van der Waals surface area contributed by atoms with Crippen LogP contribution in [0.1, 0.15) is 51.7 Å². The number of ether oxygens (including phenoxy) is 2. The van der Waals surface area contributed by atoms with Crippen molar-refractivity contribution in [2.75, 3.05) is 13.2 Å². The van der Waals surface area contributed by atoms with Gasteiger partial charge in [0.15, 0.2) is 0 Å². The number of hydrogen-bond acceptors (Lipinski definition) is 2. The van der Waals surface area contributed by atoms with Gasteiger partial charge in [-0.25, -0.2) is 0 Å². The second-order valence-corrected chi connectivity index (χ2v) is 6.00. The van der Waals surface area contributed by atoms with Crippen molar-refractivity contribution in [3.63, 3.8) is 0 Å². The van der Waals surface area contributed by atoms with Gasteiger partial charge in [0.25, 0.3) is 0 Å². The zero-order chi connectivity index (χ0) is 18.1. The van der Waals surface area contributed by atoms with Gasteiger partial charge >= 0.3 is 0 Å². The highest BCUT2D eigenvalue weighted by atomic mass is 16.5. The minimum atomic E-state index is 0.702. The molecule has 0 saturated heterocycles. The fraction of sp³-hybridized carbons (Fsp3) is 0.391. The molecule has 0 amide bonds. The van der Waals surface area contributed by atoms with Gasteiger partial charge in [-0.3, -0.25) is 0 Å². The maximum absolute atomic E-state index is 5.56. The van der Waals surface area contributed by atoms with Crippen LogP contribution in [0.15, 0.2) is 54.1 Å². The van der Waals surface area contributed by atoms with Crippen LogP contribution in [-0.2, 0) is 6.42 Å². The van der Waals surface area contributed by atoms with Crippen molar-refractivity contribution in [3.8, 4) is 11.5 Å². The van der Waals surface area contributed by atoms with Crippen molar-refractivity contribution in [1.29, 1.82) is 0 Å². The smallest absolute Gasteiger partial charge is 0.119 e. The molecule has 0 bridgehead atoms. The van der Waals surface area contributed by atoms with E-state index in [9.17, 15) is 0 Å². The van der Waals surface area contributed by atoms with Crippen molar-refractivity contribution in [3.05, 3.63) is 65.2 Å². The Labute approximate surface area is 152 Å². The average molecular weight is 338 g/mol. The van der Waals surface area contributed by atoms with E-state index in [1.807, 2.05) is 13.8 Å².